The summed E-state index contributed by atoms with van der Waals surface area (Å²) in [6.45, 7) is 3.10. The molecule has 0 saturated carbocycles. The molecular weight excluding hydrogens is 317 g/mol. The number of ether oxygens (including phenoxy) is 2. The van der Waals surface area contributed by atoms with Gasteiger partial charge in [0.15, 0.2) is 5.69 Å². The molecule has 3 heterocycles. The minimum Gasteiger partial charge on any atom is -0.460 e. The van der Waals surface area contributed by atoms with Gasteiger partial charge in [0.1, 0.15) is 0 Å². The quantitative estimate of drug-likeness (QED) is 0.792. The Morgan fingerprint density at radius 2 is 2.22 bits per heavy atom. The van der Waals surface area contributed by atoms with Gasteiger partial charge in [-0.3, -0.25) is 0 Å². The van der Waals surface area contributed by atoms with Gasteiger partial charge in [0.2, 0.25) is 5.76 Å². The predicted octanol–water partition coefficient (Wildman–Crippen LogP) is 2.49. The van der Waals surface area contributed by atoms with E-state index in [1.54, 1.807) is 4.90 Å². The van der Waals surface area contributed by atoms with E-state index in [9.17, 15) is 18.0 Å². The Morgan fingerprint density at radius 3 is 2.91 bits per heavy atom. The molecule has 23 heavy (non-hydrogen) atoms. The van der Waals surface area contributed by atoms with Crippen LogP contribution in [0.1, 0.15) is 36.0 Å². The van der Waals surface area contributed by atoms with E-state index in [0.29, 0.717) is 26.1 Å². The van der Waals surface area contributed by atoms with Crippen LogP contribution in [-0.4, -0.2) is 43.4 Å². The van der Waals surface area contributed by atoms with Crippen LogP contribution in [-0.2, 0) is 15.7 Å². The van der Waals surface area contributed by atoms with Gasteiger partial charge in [-0.2, -0.15) is 18.2 Å². The van der Waals surface area contributed by atoms with E-state index in [-0.39, 0.29) is 24.6 Å². The second-order valence-corrected chi connectivity index (χ2v) is 5.59. The van der Waals surface area contributed by atoms with Gasteiger partial charge >= 0.3 is 12.1 Å². The number of carbonyl (C=O) groups excluding carboxylic acids is 1. The fourth-order valence-electron chi connectivity index (χ4n) is 3.02. The number of fused-ring (bicyclic) bond motifs is 1. The molecule has 2 aliphatic heterocycles. The number of carbonyl (C=O) groups is 1. The van der Waals surface area contributed by atoms with Crippen molar-refractivity contribution >= 4 is 12.0 Å². The highest BCUT2D eigenvalue weighted by Gasteiger charge is 2.43. The van der Waals surface area contributed by atoms with Gasteiger partial charge in [-0.15, -0.1) is 0 Å². The molecule has 0 N–H and O–H groups in total. The van der Waals surface area contributed by atoms with Crippen molar-refractivity contribution in [3.8, 4) is 0 Å². The number of esters is 1. The van der Waals surface area contributed by atoms with Crippen molar-refractivity contribution in [2.45, 2.75) is 32.0 Å². The topological polar surface area (TPSA) is 64.8 Å². The first kappa shape index (κ1) is 16.1. The molecule has 0 bridgehead atoms. The first-order valence-electron chi connectivity index (χ1n) is 7.51. The molecule has 0 aromatic carbocycles. The summed E-state index contributed by atoms with van der Waals surface area (Å²) in [5, 5.41) is 0. The number of hydrogen-bond donors (Lipinski definition) is 0. The minimum absolute atomic E-state index is 0.0447. The molecule has 0 amide bonds. The number of alkyl halides is 3. The highest BCUT2D eigenvalue weighted by atomic mass is 19.4. The van der Waals surface area contributed by atoms with E-state index in [1.165, 1.54) is 6.92 Å². The van der Waals surface area contributed by atoms with Crippen LogP contribution >= 0.6 is 0 Å². The fourth-order valence-corrected chi connectivity index (χ4v) is 3.02. The molecule has 2 fully saturated rings. The van der Waals surface area contributed by atoms with E-state index in [4.69, 9.17) is 9.15 Å². The monoisotopic (exact) mass is 334 g/mol. The molecule has 0 unspecified atom stereocenters. The maximum Gasteiger partial charge on any atom is 0.437 e. The van der Waals surface area contributed by atoms with Crippen molar-refractivity contribution in [2.24, 2.45) is 5.92 Å². The Labute approximate surface area is 130 Å². The van der Waals surface area contributed by atoms with E-state index in [2.05, 4.69) is 9.72 Å². The van der Waals surface area contributed by atoms with Gasteiger partial charge in [0.25, 0.3) is 6.01 Å². The molecule has 0 spiro atoms. The van der Waals surface area contributed by atoms with Gasteiger partial charge in [-0.1, -0.05) is 0 Å². The van der Waals surface area contributed by atoms with Gasteiger partial charge in [-0.05, 0) is 19.8 Å². The summed E-state index contributed by atoms with van der Waals surface area (Å²) in [6, 6.07) is -0.189. The molecule has 3 rings (SSSR count). The van der Waals surface area contributed by atoms with Gasteiger partial charge in [0.05, 0.1) is 12.7 Å². The third-order valence-electron chi connectivity index (χ3n) is 4.10. The van der Waals surface area contributed by atoms with Crippen molar-refractivity contribution in [1.82, 2.24) is 4.98 Å². The van der Waals surface area contributed by atoms with E-state index in [1.807, 2.05) is 0 Å². The van der Waals surface area contributed by atoms with Gasteiger partial charge in [-0.25, -0.2) is 4.79 Å². The van der Waals surface area contributed by atoms with E-state index >= 15 is 0 Å². The van der Waals surface area contributed by atoms with Crippen LogP contribution < -0.4 is 4.90 Å². The van der Waals surface area contributed by atoms with Crippen LogP contribution in [0.4, 0.5) is 19.2 Å². The summed E-state index contributed by atoms with van der Waals surface area (Å²) in [7, 11) is 0. The molecule has 1 aromatic rings. The summed E-state index contributed by atoms with van der Waals surface area (Å²) in [5.74, 6) is -1.80. The van der Waals surface area contributed by atoms with E-state index in [0.717, 1.165) is 6.42 Å². The van der Waals surface area contributed by atoms with Crippen LogP contribution in [0, 0.1) is 5.92 Å². The zero-order chi connectivity index (χ0) is 16.6. The first-order chi connectivity index (χ1) is 10.9. The Balaban J connectivity index is 1.86. The highest BCUT2D eigenvalue weighted by molar-refractivity contribution is 5.88. The van der Waals surface area contributed by atoms with Crippen molar-refractivity contribution in [3.05, 3.63) is 11.5 Å². The molecule has 128 valence electrons. The lowest BCUT2D eigenvalue weighted by Crippen LogP contribution is -2.41. The predicted molar refractivity (Wildman–Crippen MR) is 72.1 cm³/mol. The fraction of sp³-hybridized carbons (Fsp3) is 0.714. The number of hydrogen-bond acceptors (Lipinski definition) is 6. The standard InChI is InChI=1S/C14H17F3N2O4/c1-2-21-12(20)10-11(14(15,16)17)18-13(23-10)19-5-3-9-8(7-19)4-6-22-9/h8-9H,2-7H2,1H3/t8-,9+/m1/s1. The van der Waals surface area contributed by atoms with Crippen LogP contribution in [0.2, 0.25) is 0 Å². The number of anilines is 1. The summed E-state index contributed by atoms with van der Waals surface area (Å²) in [4.78, 5) is 16.8. The van der Waals surface area contributed by atoms with Crippen molar-refractivity contribution < 1.29 is 31.9 Å². The highest BCUT2D eigenvalue weighted by Crippen LogP contribution is 2.36. The Kier molecular flexibility index (Phi) is 4.22. The van der Waals surface area contributed by atoms with Crippen molar-refractivity contribution in [2.75, 3.05) is 31.2 Å². The number of halogens is 3. The summed E-state index contributed by atoms with van der Waals surface area (Å²) in [5.41, 5.74) is -1.34. The molecule has 1 aromatic heterocycles. The van der Waals surface area contributed by atoms with Crippen molar-refractivity contribution in [3.63, 3.8) is 0 Å². The zero-order valence-corrected chi connectivity index (χ0v) is 12.6. The summed E-state index contributed by atoms with van der Waals surface area (Å²) >= 11 is 0. The number of oxazole rings is 1. The van der Waals surface area contributed by atoms with Gasteiger partial charge in [0, 0.05) is 25.6 Å². The smallest absolute Gasteiger partial charge is 0.437 e. The van der Waals surface area contributed by atoms with Crippen LogP contribution in [0.5, 0.6) is 0 Å². The van der Waals surface area contributed by atoms with Crippen molar-refractivity contribution in [1.29, 1.82) is 0 Å². The summed E-state index contributed by atoms with van der Waals surface area (Å²) < 4.78 is 54.5. The second kappa shape index (κ2) is 6.03. The number of aromatic nitrogens is 1. The lowest BCUT2D eigenvalue weighted by Gasteiger charge is -2.32. The summed E-state index contributed by atoms with van der Waals surface area (Å²) in [6.07, 6.45) is -3.08. The van der Waals surface area contributed by atoms with Crippen LogP contribution in [0.3, 0.4) is 0 Å². The second-order valence-electron chi connectivity index (χ2n) is 5.59. The Morgan fingerprint density at radius 1 is 1.43 bits per heavy atom. The SMILES string of the molecule is CCOC(=O)c1oc(N2CC[C@@H]3OCC[C@@H]3C2)nc1C(F)(F)F. The molecule has 0 aliphatic carbocycles. The maximum absolute atomic E-state index is 13.1. The third kappa shape index (κ3) is 3.15. The van der Waals surface area contributed by atoms with E-state index < -0.39 is 23.6 Å². The lowest BCUT2D eigenvalue weighted by molar-refractivity contribution is -0.141. The Bertz CT molecular complexity index is 587. The van der Waals surface area contributed by atoms with Gasteiger partial charge < -0.3 is 18.8 Å². The molecule has 9 heteroatoms. The molecule has 0 radical (unpaired) electrons. The normalized spacial score (nSPS) is 24.6. The lowest BCUT2D eigenvalue weighted by atomic mass is 9.95. The molecule has 6 nitrogen and oxygen atoms in total. The Hall–Kier alpha value is -1.77. The molecular formula is C14H17F3N2O4. The van der Waals surface area contributed by atoms with Crippen LogP contribution in [0.25, 0.3) is 0 Å². The molecule has 2 atom stereocenters. The average molecular weight is 334 g/mol. The average Bonchev–Trinajstić information content (AvgIpc) is 3.13. The van der Waals surface area contributed by atoms with Crippen LogP contribution in [0.15, 0.2) is 4.42 Å². The molecule has 2 aliphatic rings. The molecule has 2 saturated heterocycles. The number of rotatable bonds is 3. The maximum atomic E-state index is 13.1. The zero-order valence-electron chi connectivity index (χ0n) is 12.6. The number of piperidine rings is 1. The first-order valence-corrected chi connectivity index (χ1v) is 7.51. The third-order valence-corrected chi connectivity index (χ3v) is 4.10. The minimum atomic E-state index is -4.78. The largest absolute Gasteiger partial charge is 0.460 e. The number of nitrogens with zero attached hydrogens (tertiary/aromatic N) is 2.